The van der Waals surface area contributed by atoms with Crippen LogP contribution < -0.4 is 16.0 Å². The first-order valence-electron chi connectivity index (χ1n) is 12.6. The van der Waals surface area contributed by atoms with Gasteiger partial charge in [-0.05, 0) is 24.6 Å². The molecule has 0 bridgehead atoms. The summed E-state index contributed by atoms with van der Waals surface area (Å²) in [7, 11) is 0. The molecule has 16 heteroatoms. The topological polar surface area (TPSA) is 153 Å². The van der Waals surface area contributed by atoms with Crippen LogP contribution in [0.5, 0.6) is 0 Å². The van der Waals surface area contributed by atoms with Crippen molar-refractivity contribution in [2.75, 3.05) is 25.0 Å². The van der Waals surface area contributed by atoms with Crippen LogP contribution in [0.15, 0.2) is 43.0 Å². The van der Waals surface area contributed by atoms with E-state index in [1.54, 1.807) is 11.0 Å². The molecule has 1 aromatic carbocycles. The van der Waals surface area contributed by atoms with Gasteiger partial charge in [-0.15, -0.1) is 0 Å². The number of aliphatic hydroxyl groups is 1. The number of amides is 2. The number of nitrogens with one attached hydrogen (secondary N) is 4. The molecule has 2 atom stereocenters. The second kappa shape index (κ2) is 10.3. The van der Waals surface area contributed by atoms with E-state index >= 15 is 0 Å². The minimum atomic E-state index is -4.62. The Morgan fingerprint density at radius 3 is 2.68 bits per heavy atom. The van der Waals surface area contributed by atoms with Crippen molar-refractivity contribution in [3.63, 3.8) is 0 Å². The van der Waals surface area contributed by atoms with Crippen LogP contribution in [0, 0.1) is 0 Å². The molecular weight excluding hydrogens is 567 g/mol. The number of likely N-dealkylation sites (tertiary alicyclic amines) is 1. The largest absolute Gasteiger partial charge is 0.433 e. The number of aliphatic hydroxyl groups excluding tert-OH is 1. The number of hydrogen-bond donors (Lipinski definition) is 5. The summed E-state index contributed by atoms with van der Waals surface area (Å²) >= 11 is 6.41. The van der Waals surface area contributed by atoms with E-state index in [1.165, 1.54) is 35.1 Å². The maximum atomic E-state index is 13.4. The molecule has 214 valence electrons. The monoisotopic (exact) mass is 589 g/mol. The van der Waals surface area contributed by atoms with Crippen LogP contribution in [-0.2, 0) is 11.0 Å². The molecular formula is C25H23ClF3N9O3. The second-order valence-electron chi connectivity index (χ2n) is 9.85. The SMILES string of the molecule is O=C(NC1CN(C(=O)[C@@H]2C[C@@H](O)CN2)C1)c1ccc(Nc2nccn3c(-c4cn[nH]c4C(F)(F)F)cnc23)cc1Cl. The first kappa shape index (κ1) is 27.0. The number of aromatic amines is 1. The van der Waals surface area contributed by atoms with Crippen LogP contribution in [0.4, 0.5) is 24.7 Å². The molecule has 2 fully saturated rings. The molecule has 2 aliphatic heterocycles. The summed E-state index contributed by atoms with van der Waals surface area (Å²) in [5.74, 6) is -0.237. The normalized spacial score (nSPS) is 19.4. The van der Waals surface area contributed by atoms with Gasteiger partial charge in [0.05, 0.1) is 52.4 Å². The smallest absolute Gasteiger partial charge is 0.392 e. The van der Waals surface area contributed by atoms with E-state index in [1.807, 2.05) is 5.10 Å². The van der Waals surface area contributed by atoms with Crippen LogP contribution >= 0.6 is 11.6 Å². The third kappa shape index (κ3) is 5.18. The molecule has 12 nitrogen and oxygen atoms in total. The lowest BCUT2D eigenvalue weighted by Crippen LogP contribution is -2.63. The fourth-order valence-electron chi connectivity index (χ4n) is 4.96. The van der Waals surface area contributed by atoms with Crippen LogP contribution in [0.3, 0.4) is 0 Å². The van der Waals surface area contributed by atoms with Gasteiger partial charge in [0.1, 0.15) is 5.69 Å². The number of hydrogen-bond acceptors (Lipinski definition) is 8. The Balaban J connectivity index is 1.12. The van der Waals surface area contributed by atoms with Crippen molar-refractivity contribution in [3.8, 4) is 11.3 Å². The summed E-state index contributed by atoms with van der Waals surface area (Å²) in [6.07, 6.45) is 0.494. The number of fused-ring (bicyclic) bond motifs is 1. The lowest BCUT2D eigenvalue weighted by Gasteiger charge is -2.40. The molecule has 2 aliphatic rings. The van der Waals surface area contributed by atoms with Crippen molar-refractivity contribution in [2.24, 2.45) is 0 Å². The first-order valence-corrected chi connectivity index (χ1v) is 13.0. The number of halogens is 4. The number of carbonyl (C=O) groups excluding carboxylic acids is 2. The molecule has 0 unspecified atom stereocenters. The summed E-state index contributed by atoms with van der Waals surface area (Å²) in [6, 6.07) is 4.03. The highest BCUT2D eigenvalue weighted by Crippen LogP contribution is 2.36. The predicted octanol–water partition coefficient (Wildman–Crippen LogP) is 2.20. The highest BCUT2D eigenvalue weighted by Gasteiger charge is 2.38. The number of benzene rings is 1. The number of β-amino-alcohol motifs (C(OH)–C–C–N with tert-alkyl or cyclic N) is 1. The van der Waals surface area contributed by atoms with Gasteiger partial charge in [-0.3, -0.25) is 19.1 Å². The molecule has 2 saturated heterocycles. The number of imidazole rings is 1. The van der Waals surface area contributed by atoms with Crippen molar-refractivity contribution in [2.45, 2.75) is 30.8 Å². The van der Waals surface area contributed by atoms with Crippen LogP contribution in [-0.4, -0.2) is 84.2 Å². The highest BCUT2D eigenvalue weighted by atomic mass is 35.5. The molecule has 0 aliphatic carbocycles. The van der Waals surface area contributed by atoms with Gasteiger partial charge in [-0.2, -0.15) is 18.3 Å². The third-order valence-electron chi connectivity index (χ3n) is 7.04. The van der Waals surface area contributed by atoms with Crippen LogP contribution in [0.25, 0.3) is 16.9 Å². The Hall–Kier alpha value is -4.21. The van der Waals surface area contributed by atoms with Crippen molar-refractivity contribution < 1.29 is 27.9 Å². The van der Waals surface area contributed by atoms with Crippen molar-refractivity contribution in [1.29, 1.82) is 0 Å². The molecule has 41 heavy (non-hydrogen) atoms. The van der Waals surface area contributed by atoms with E-state index in [4.69, 9.17) is 11.6 Å². The molecule has 5 heterocycles. The minimum Gasteiger partial charge on any atom is -0.392 e. The van der Waals surface area contributed by atoms with Crippen LogP contribution in [0.1, 0.15) is 22.5 Å². The van der Waals surface area contributed by atoms with E-state index in [0.717, 1.165) is 6.20 Å². The third-order valence-corrected chi connectivity index (χ3v) is 7.35. The number of aromatic nitrogens is 5. The van der Waals surface area contributed by atoms with Gasteiger partial charge >= 0.3 is 6.18 Å². The van der Waals surface area contributed by atoms with Crippen molar-refractivity contribution >= 4 is 40.6 Å². The van der Waals surface area contributed by atoms with Gasteiger partial charge in [-0.25, -0.2) is 9.97 Å². The Kier molecular flexibility index (Phi) is 6.79. The number of rotatable bonds is 6. The predicted molar refractivity (Wildman–Crippen MR) is 141 cm³/mol. The zero-order valence-corrected chi connectivity index (χ0v) is 21.9. The van der Waals surface area contributed by atoms with Gasteiger partial charge in [0.2, 0.25) is 5.91 Å². The molecule has 6 rings (SSSR count). The molecule has 0 spiro atoms. The van der Waals surface area contributed by atoms with E-state index in [9.17, 15) is 27.9 Å². The Morgan fingerprint density at radius 2 is 1.98 bits per heavy atom. The van der Waals surface area contributed by atoms with Gasteiger partial charge < -0.3 is 26.0 Å². The fourth-order valence-corrected chi connectivity index (χ4v) is 5.22. The standard InChI is InChI=1S/C25H23ClF3N9O3/c26-17-5-12(1-2-15(17)23(40)35-13-10-37(11-13)24(41)18-6-14(39)7-31-18)34-21-22-32-9-19(38(22)4-3-30-21)16-8-33-36-20(16)25(27,28)29/h1-5,8-9,13-14,18,31,39H,6-7,10-11H2,(H,30,34)(H,33,36)(H,35,40)/t14-,18+/m1/s1. The molecule has 2 amide bonds. The van der Waals surface area contributed by atoms with Crippen LogP contribution in [0.2, 0.25) is 5.02 Å². The number of H-pyrrole nitrogens is 1. The van der Waals surface area contributed by atoms with Gasteiger partial charge in [0.15, 0.2) is 11.5 Å². The summed E-state index contributed by atoms with van der Waals surface area (Å²) < 4.78 is 41.6. The van der Waals surface area contributed by atoms with Crippen molar-refractivity contribution in [3.05, 3.63) is 59.3 Å². The molecule has 5 N–H and O–H groups in total. The van der Waals surface area contributed by atoms with Gasteiger partial charge in [-0.1, -0.05) is 11.6 Å². The minimum absolute atomic E-state index is 0.0979. The lowest BCUT2D eigenvalue weighted by atomic mass is 10.0. The number of carbonyl (C=O) groups is 2. The Morgan fingerprint density at radius 1 is 1.17 bits per heavy atom. The maximum Gasteiger partial charge on any atom is 0.433 e. The zero-order chi connectivity index (χ0) is 28.9. The lowest BCUT2D eigenvalue weighted by molar-refractivity contribution is -0.140. The molecule has 0 radical (unpaired) electrons. The number of alkyl halides is 3. The fraction of sp³-hybridized carbons (Fsp3) is 0.320. The quantitative estimate of drug-likeness (QED) is 0.229. The van der Waals surface area contributed by atoms with E-state index in [2.05, 4.69) is 31.0 Å². The molecule has 0 saturated carbocycles. The van der Waals surface area contributed by atoms with Gasteiger partial charge in [0, 0.05) is 37.7 Å². The summed E-state index contributed by atoms with van der Waals surface area (Å²) in [6.45, 7) is 1.11. The average molecular weight is 590 g/mol. The average Bonchev–Trinajstić information content (AvgIpc) is 3.65. The van der Waals surface area contributed by atoms with Crippen molar-refractivity contribution in [1.82, 2.24) is 40.1 Å². The second-order valence-corrected chi connectivity index (χ2v) is 10.3. The molecule has 3 aromatic heterocycles. The number of anilines is 2. The van der Waals surface area contributed by atoms with E-state index in [0.29, 0.717) is 31.7 Å². The summed E-state index contributed by atoms with van der Waals surface area (Å²) in [4.78, 5) is 35.4. The zero-order valence-electron chi connectivity index (χ0n) is 21.1. The Bertz CT molecular complexity index is 1630. The van der Waals surface area contributed by atoms with E-state index in [-0.39, 0.29) is 45.3 Å². The highest BCUT2D eigenvalue weighted by molar-refractivity contribution is 6.34. The first-order chi connectivity index (χ1) is 19.6. The summed E-state index contributed by atoms with van der Waals surface area (Å²) in [5.41, 5.74) is -0.00289. The van der Waals surface area contributed by atoms with Gasteiger partial charge in [0.25, 0.3) is 5.91 Å². The molecule has 4 aromatic rings. The Labute approximate surface area is 234 Å². The summed E-state index contributed by atoms with van der Waals surface area (Å²) in [5, 5.41) is 24.2. The number of nitrogens with zero attached hydrogens (tertiary/aromatic N) is 5. The van der Waals surface area contributed by atoms with E-state index < -0.39 is 29.9 Å². The maximum absolute atomic E-state index is 13.4.